The third-order valence-corrected chi connectivity index (χ3v) is 8.97. The number of ether oxygens (including phenoxy) is 7. The number of carbonyl (C=O) groups is 1. The van der Waals surface area contributed by atoms with Gasteiger partial charge in [-0.25, -0.2) is 9.07 Å². The fraction of sp³-hybridized carbons (Fsp3) is 0.225. The number of rotatable bonds is 17. The second kappa shape index (κ2) is 18.2. The first-order valence-corrected chi connectivity index (χ1v) is 18.3. The fourth-order valence-corrected chi connectivity index (χ4v) is 5.87. The van der Waals surface area contributed by atoms with Crippen LogP contribution in [0.4, 0.5) is 10.1 Å². The van der Waals surface area contributed by atoms with E-state index in [1.54, 1.807) is 61.7 Å². The van der Waals surface area contributed by atoms with Gasteiger partial charge in [0.25, 0.3) is 5.91 Å². The minimum absolute atomic E-state index is 0.0388. The Kier molecular flexibility index (Phi) is 12.7. The summed E-state index contributed by atoms with van der Waals surface area (Å²) in [7, 11) is 7.77. The molecule has 4 aromatic carbocycles. The molecule has 0 aliphatic carbocycles. The number of nitrogens with zero attached hydrogens (tertiary/aromatic N) is 5. The zero-order valence-corrected chi connectivity index (χ0v) is 32.3. The van der Waals surface area contributed by atoms with Crippen LogP contribution in [-0.4, -0.2) is 72.7 Å². The number of anilines is 1. The zero-order valence-electron chi connectivity index (χ0n) is 31.5. The lowest BCUT2D eigenvalue weighted by Gasteiger charge is -2.16. The van der Waals surface area contributed by atoms with Crippen molar-refractivity contribution in [2.24, 2.45) is 0 Å². The maximum Gasteiger partial charge on any atom is 0.266 e. The average Bonchev–Trinajstić information content (AvgIpc) is 3.70. The molecule has 56 heavy (non-hydrogen) atoms. The maximum absolute atomic E-state index is 15.8. The summed E-state index contributed by atoms with van der Waals surface area (Å²) in [5.41, 5.74) is 3.06. The molecule has 290 valence electrons. The van der Waals surface area contributed by atoms with Crippen LogP contribution in [-0.2, 0) is 19.8 Å². The van der Waals surface area contributed by atoms with Crippen LogP contribution in [0.5, 0.6) is 40.5 Å². The number of aromatic nitrogens is 5. The number of hydrogen-bond donors (Lipinski definition) is 1. The highest BCUT2D eigenvalue weighted by atomic mass is 32.2. The summed E-state index contributed by atoms with van der Waals surface area (Å²) in [6.07, 6.45) is 3.47. The summed E-state index contributed by atoms with van der Waals surface area (Å²) in [6, 6.07) is 22.5. The van der Waals surface area contributed by atoms with Crippen LogP contribution in [0.2, 0.25) is 0 Å². The van der Waals surface area contributed by atoms with E-state index in [4.69, 9.17) is 33.2 Å². The molecular weight excluding hydrogens is 744 g/mol. The highest BCUT2D eigenvalue weighted by Gasteiger charge is 2.26. The molecule has 0 atom stereocenters. The summed E-state index contributed by atoms with van der Waals surface area (Å²) in [5.74, 6) is 1.31. The highest BCUT2D eigenvalue weighted by Crippen LogP contribution is 2.38. The van der Waals surface area contributed by atoms with Gasteiger partial charge in [0, 0.05) is 5.56 Å². The van der Waals surface area contributed by atoms with Crippen LogP contribution in [0.1, 0.15) is 27.0 Å². The Morgan fingerprint density at radius 3 is 1.79 bits per heavy atom. The van der Waals surface area contributed by atoms with Gasteiger partial charge >= 0.3 is 0 Å². The number of halogens is 1. The molecule has 2 aromatic heterocycles. The molecule has 1 amide bonds. The van der Waals surface area contributed by atoms with E-state index in [2.05, 4.69) is 25.6 Å². The fourth-order valence-electron chi connectivity index (χ4n) is 5.53. The first-order chi connectivity index (χ1) is 27.2. The second-order valence-corrected chi connectivity index (χ2v) is 12.7. The molecule has 0 unspecified atom stereocenters. The van der Waals surface area contributed by atoms with Crippen LogP contribution in [0.3, 0.4) is 0 Å². The lowest BCUT2D eigenvalue weighted by Crippen LogP contribution is -2.18. The van der Waals surface area contributed by atoms with Gasteiger partial charge in [-0.15, -0.1) is 5.10 Å². The normalized spacial score (nSPS) is 10.8. The van der Waals surface area contributed by atoms with Gasteiger partial charge in [-0.1, -0.05) is 47.3 Å². The summed E-state index contributed by atoms with van der Waals surface area (Å²) in [4.78, 5) is 23.0. The summed E-state index contributed by atoms with van der Waals surface area (Å²) >= 11 is 1.25. The number of carbonyl (C=O) groups excluding carboxylic acids is 1. The van der Waals surface area contributed by atoms with E-state index >= 15 is 4.39 Å². The Balaban J connectivity index is 1.25. The molecule has 0 radical (unpaired) electrons. The first kappa shape index (κ1) is 39.2. The molecule has 0 spiro atoms. The minimum atomic E-state index is -0.741. The zero-order chi connectivity index (χ0) is 39.6. The van der Waals surface area contributed by atoms with Crippen molar-refractivity contribution in [3.63, 3.8) is 0 Å². The van der Waals surface area contributed by atoms with E-state index in [0.717, 1.165) is 16.7 Å². The average molecular weight is 783 g/mol. The number of nitrogens with one attached hydrogen (secondary N) is 1. The first-order valence-electron chi connectivity index (χ1n) is 17.0. The molecule has 2 heterocycles. The molecule has 0 aliphatic heterocycles. The Morgan fingerprint density at radius 2 is 1.30 bits per heavy atom. The molecule has 14 nitrogen and oxygen atoms in total. The number of hydrogen-bond acceptors (Lipinski definition) is 13. The largest absolute Gasteiger partial charge is 0.497 e. The van der Waals surface area contributed by atoms with Gasteiger partial charge in [0.15, 0.2) is 22.2 Å². The van der Waals surface area contributed by atoms with Gasteiger partial charge in [-0.2, -0.15) is 9.97 Å². The third-order valence-electron chi connectivity index (χ3n) is 8.42. The Hall–Kier alpha value is -6.55. The molecule has 0 aliphatic rings. The van der Waals surface area contributed by atoms with E-state index in [-0.39, 0.29) is 36.2 Å². The lowest BCUT2D eigenvalue weighted by molar-refractivity contribution is 0.101. The van der Waals surface area contributed by atoms with Crippen molar-refractivity contribution in [2.45, 2.75) is 24.9 Å². The van der Waals surface area contributed by atoms with Crippen molar-refractivity contribution in [3.8, 4) is 51.8 Å². The van der Waals surface area contributed by atoms with E-state index in [1.165, 1.54) is 45.2 Å². The van der Waals surface area contributed by atoms with E-state index in [1.807, 2.05) is 36.4 Å². The van der Waals surface area contributed by atoms with Gasteiger partial charge in [0.1, 0.15) is 36.2 Å². The van der Waals surface area contributed by atoms with Crippen LogP contribution in [0.25, 0.3) is 11.3 Å². The monoisotopic (exact) mass is 782 g/mol. The van der Waals surface area contributed by atoms with Crippen LogP contribution >= 0.6 is 11.8 Å². The Morgan fingerprint density at radius 1 is 0.732 bits per heavy atom. The van der Waals surface area contributed by atoms with E-state index < -0.39 is 11.7 Å². The minimum Gasteiger partial charge on any atom is -0.497 e. The van der Waals surface area contributed by atoms with Crippen LogP contribution < -0.4 is 38.5 Å². The second-order valence-electron chi connectivity index (χ2n) is 12.0. The smallest absolute Gasteiger partial charge is 0.266 e. The van der Waals surface area contributed by atoms with Gasteiger partial charge in [-0.3, -0.25) is 4.79 Å². The molecule has 6 aromatic rings. The molecule has 6 rings (SSSR count). The lowest BCUT2D eigenvalue weighted by atomic mass is 10.1. The quantitative estimate of drug-likeness (QED) is 0.0741. The number of methoxy groups -OCH3 is 5. The topological polar surface area (TPSA) is 150 Å². The van der Waals surface area contributed by atoms with Crippen LogP contribution in [0.15, 0.2) is 90.2 Å². The van der Waals surface area contributed by atoms with Crippen molar-refractivity contribution in [1.29, 1.82) is 0 Å². The van der Waals surface area contributed by atoms with Crippen molar-refractivity contribution in [1.82, 2.24) is 25.0 Å². The summed E-state index contributed by atoms with van der Waals surface area (Å²) in [5, 5.41) is 11.4. The van der Waals surface area contributed by atoms with Crippen molar-refractivity contribution < 1.29 is 42.3 Å². The van der Waals surface area contributed by atoms with E-state index in [9.17, 15) is 4.79 Å². The predicted molar refractivity (Wildman–Crippen MR) is 207 cm³/mol. The van der Waals surface area contributed by atoms with Crippen molar-refractivity contribution in [2.75, 3.05) is 47.1 Å². The number of thioether (sulfide) groups is 1. The van der Waals surface area contributed by atoms with Crippen molar-refractivity contribution in [3.05, 3.63) is 113 Å². The molecule has 0 saturated carbocycles. The van der Waals surface area contributed by atoms with Gasteiger partial charge in [0.2, 0.25) is 17.5 Å². The summed E-state index contributed by atoms with van der Waals surface area (Å²) < 4.78 is 56.4. The Labute approximate surface area is 326 Å². The maximum atomic E-state index is 15.8. The molecule has 16 heteroatoms. The van der Waals surface area contributed by atoms with E-state index in [0.29, 0.717) is 51.7 Å². The standard InChI is InChI=1S/C40H39FN6O8S/c1-49-28-12-7-24(8-13-28)22-54-38-35(39(44-40(43-38)56-6)55-23-25-9-14-29(50-2)15-10-25)37(48)42-31-16-11-27(19-30(31)41)32-21-47(46-45-32)20-26-17-33(51-3)36(53-5)34(18-26)52-4/h7-19,21H,20,22-23H2,1-6H3,(H,42,48). The SMILES string of the molecule is COc1ccc(COc2nc(SC)nc(OCc3ccc(OC)cc3)c2C(=O)Nc2ccc(-c3cn(Cc4cc(OC)c(OC)c(OC)c4)nn3)cc2F)cc1. The molecule has 0 bridgehead atoms. The highest BCUT2D eigenvalue weighted by molar-refractivity contribution is 7.98. The number of amides is 1. The molecule has 1 N–H and O–H groups in total. The molecule has 0 saturated heterocycles. The van der Waals surface area contributed by atoms with Gasteiger partial charge < -0.3 is 38.5 Å². The third kappa shape index (κ3) is 9.21. The number of benzene rings is 4. The van der Waals surface area contributed by atoms with Crippen LogP contribution in [0, 0.1) is 5.82 Å². The Bertz CT molecular complexity index is 2190. The van der Waals surface area contributed by atoms with Gasteiger partial charge in [-0.05, 0) is 71.5 Å². The molecular formula is C40H39FN6O8S. The summed E-state index contributed by atoms with van der Waals surface area (Å²) in [6.45, 7) is 0.454. The molecule has 0 fully saturated rings. The van der Waals surface area contributed by atoms with Gasteiger partial charge in [0.05, 0.1) is 54.0 Å². The predicted octanol–water partition coefficient (Wildman–Crippen LogP) is 7.10. The van der Waals surface area contributed by atoms with Crippen molar-refractivity contribution >= 4 is 23.4 Å².